The van der Waals surface area contributed by atoms with Gasteiger partial charge in [0, 0.05) is 57.9 Å². The molecule has 0 atom stereocenters. The van der Waals surface area contributed by atoms with Crippen LogP contribution in [-0.4, -0.2) is 52.8 Å². The highest BCUT2D eigenvalue weighted by molar-refractivity contribution is 6.06. The van der Waals surface area contributed by atoms with Crippen LogP contribution in [0.25, 0.3) is 0 Å². The number of hydrogen-bond acceptors (Lipinski definition) is 5. The summed E-state index contributed by atoms with van der Waals surface area (Å²) in [5, 5.41) is 9.15. The molecule has 2 aliphatic heterocycles. The summed E-state index contributed by atoms with van der Waals surface area (Å²) in [5.74, 6) is 0.0306. The van der Waals surface area contributed by atoms with Gasteiger partial charge in [0.2, 0.25) is 5.91 Å². The van der Waals surface area contributed by atoms with Gasteiger partial charge in [0.05, 0.1) is 11.1 Å². The van der Waals surface area contributed by atoms with E-state index in [9.17, 15) is 9.59 Å². The number of ether oxygens (including phenoxy) is 1. The van der Waals surface area contributed by atoms with E-state index in [1.165, 1.54) is 0 Å². The first-order valence-corrected chi connectivity index (χ1v) is 10.8. The first kappa shape index (κ1) is 22.0. The van der Waals surface area contributed by atoms with Crippen molar-refractivity contribution in [1.82, 2.24) is 14.9 Å². The van der Waals surface area contributed by atoms with Gasteiger partial charge in [-0.15, -0.1) is 0 Å². The lowest BCUT2D eigenvalue weighted by atomic mass is 9.82. The third-order valence-corrected chi connectivity index (χ3v) is 5.87. The van der Waals surface area contributed by atoms with Crippen LogP contribution in [0, 0.1) is 5.41 Å². The predicted molar refractivity (Wildman–Crippen MR) is 122 cm³/mol. The maximum atomic E-state index is 12.7. The minimum absolute atomic E-state index is 0.0306. The molecule has 2 aliphatic rings. The van der Waals surface area contributed by atoms with Gasteiger partial charge in [-0.3, -0.25) is 9.78 Å². The summed E-state index contributed by atoms with van der Waals surface area (Å²) in [6, 6.07) is 9.44. The number of pyridine rings is 1. The smallest absolute Gasteiger partial charge is 0.322 e. The molecule has 4 rings (SSSR count). The Kier molecular flexibility index (Phi) is 6.23. The van der Waals surface area contributed by atoms with E-state index >= 15 is 0 Å². The van der Waals surface area contributed by atoms with Crippen molar-refractivity contribution in [2.45, 2.75) is 39.8 Å². The van der Waals surface area contributed by atoms with Gasteiger partial charge in [0.1, 0.15) is 0 Å². The molecule has 0 unspecified atom stereocenters. The molecule has 0 saturated carbocycles. The zero-order chi connectivity index (χ0) is 22.7. The van der Waals surface area contributed by atoms with E-state index in [1.54, 1.807) is 23.2 Å². The summed E-state index contributed by atoms with van der Waals surface area (Å²) in [5.41, 5.74) is 4.23. The van der Waals surface area contributed by atoms with Gasteiger partial charge in [0.25, 0.3) is 0 Å². The Labute approximate surface area is 188 Å². The highest BCUT2D eigenvalue weighted by atomic mass is 16.5. The number of amides is 3. The maximum Gasteiger partial charge on any atom is 0.322 e. The molecular weight excluding hydrogens is 406 g/mol. The zero-order valence-corrected chi connectivity index (χ0v) is 18.8. The van der Waals surface area contributed by atoms with Gasteiger partial charge in [-0.05, 0) is 41.3 Å². The average Bonchev–Trinajstić information content (AvgIpc) is 3.22. The number of aromatic nitrogens is 1. The lowest BCUT2D eigenvalue weighted by Crippen LogP contribution is -2.44. The molecule has 0 bridgehead atoms. The molecule has 0 saturated heterocycles. The largest absolute Gasteiger partial charge is 0.385 e. The van der Waals surface area contributed by atoms with Gasteiger partial charge in [-0.25, -0.2) is 9.80 Å². The number of methoxy groups -OCH3 is 1. The molecule has 0 fully saturated rings. The Morgan fingerprint density at radius 1 is 1.16 bits per heavy atom. The summed E-state index contributed by atoms with van der Waals surface area (Å²) in [6.07, 6.45) is 4.86. The van der Waals surface area contributed by atoms with Crippen LogP contribution in [0.2, 0.25) is 0 Å². The molecular formula is C24H29N5O3. The lowest BCUT2D eigenvalue weighted by molar-refractivity contribution is -0.141. The summed E-state index contributed by atoms with van der Waals surface area (Å²) in [4.78, 5) is 31.3. The molecule has 168 valence electrons. The Morgan fingerprint density at radius 2 is 1.91 bits per heavy atom. The SMILES string of the molecule is COCCCN1N=C(c2ccc(NC(=O)N3Cc4ccncc4C3)cc2)CC(C)(C)C1=O. The van der Waals surface area contributed by atoms with E-state index in [0.29, 0.717) is 32.7 Å². The van der Waals surface area contributed by atoms with Crippen LogP contribution >= 0.6 is 0 Å². The molecule has 0 aliphatic carbocycles. The molecule has 3 heterocycles. The predicted octanol–water partition coefficient (Wildman–Crippen LogP) is 3.63. The van der Waals surface area contributed by atoms with Crippen LogP contribution in [0.1, 0.15) is 43.4 Å². The monoisotopic (exact) mass is 435 g/mol. The van der Waals surface area contributed by atoms with E-state index in [-0.39, 0.29) is 11.9 Å². The van der Waals surface area contributed by atoms with Crippen molar-refractivity contribution in [1.29, 1.82) is 0 Å². The minimum Gasteiger partial charge on any atom is -0.385 e. The normalized spacial score (nSPS) is 17.2. The fraction of sp³-hybridized carbons (Fsp3) is 0.417. The summed E-state index contributed by atoms with van der Waals surface area (Å²) < 4.78 is 5.10. The van der Waals surface area contributed by atoms with Crippen LogP contribution in [0.4, 0.5) is 10.5 Å². The average molecular weight is 436 g/mol. The number of rotatable bonds is 6. The van der Waals surface area contributed by atoms with Gasteiger partial charge in [0.15, 0.2) is 0 Å². The van der Waals surface area contributed by atoms with Gasteiger partial charge in [-0.1, -0.05) is 26.0 Å². The number of nitrogens with zero attached hydrogens (tertiary/aromatic N) is 4. The number of nitrogens with one attached hydrogen (secondary N) is 1. The molecule has 8 heteroatoms. The third kappa shape index (κ3) is 4.65. The van der Waals surface area contributed by atoms with Crippen LogP contribution in [0.15, 0.2) is 47.8 Å². The van der Waals surface area contributed by atoms with Gasteiger partial charge >= 0.3 is 6.03 Å². The van der Waals surface area contributed by atoms with E-state index in [0.717, 1.165) is 34.5 Å². The Hall–Kier alpha value is -3.26. The summed E-state index contributed by atoms with van der Waals surface area (Å²) in [6.45, 7) is 6.16. The van der Waals surface area contributed by atoms with Crippen LogP contribution in [-0.2, 0) is 22.6 Å². The fourth-order valence-electron chi connectivity index (χ4n) is 4.05. The van der Waals surface area contributed by atoms with Crippen LogP contribution < -0.4 is 5.32 Å². The number of anilines is 1. The Balaban J connectivity index is 1.43. The van der Waals surface area contributed by atoms with Gasteiger partial charge < -0.3 is 15.0 Å². The minimum atomic E-state index is -0.517. The van der Waals surface area contributed by atoms with Crippen LogP contribution in [0.3, 0.4) is 0 Å². The quantitative estimate of drug-likeness (QED) is 0.702. The first-order chi connectivity index (χ1) is 15.4. The molecule has 32 heavy (non-hydrogen) atoms. The second kappa shape index (κ2) is 9.08. The van der Waals surface area contributed by atoms with Crippen molar-refractivity contribution in [3.63, 3.8) is 0 Å². The number of hydrazone groups is 1. The van der Waals surface area contributed by atoms with E-state index in [1.807, 2.05) is 50.4 Å². The second-order valence-corrected chi connectivity index (χ2v) is 8.89. The number of hydrogen-bond donors (Lipinski definition) is 1. The number of benzene rings is 1. The fourth-order valence-corrected chi connectivity index (χ4v) is 4.05. The third-order valence-electron chi connectivity index (χ3n) is 5.87. The molecule has 1 aromatic carbocycles. The van der Waals surface area contributed by atoms with E-state index in [4.69, 9.17) is 4.74 Å². The lowest BCUT2D eigenvalue weighted by Gasteiger charge is -2.34. The molecule has 3 amide bonds. The standard InChI is InChI=1S/C24H29N5O3/c1-24(2)13-21(27-29(22(24)30)11-4-12-32-3)17-5-7-20(8-6-17)26-23(31)28-15-18-9-10-25-14-19(18)16-28/h5-10,14H,4,11-13,15-16H2,1-3H3,(H,26,31). The van der Waals surface area contributed by atoms with Crippen molar-refractivity contribution in [3.05, 3.63) is 59.4 Å². The number of urea groups is 1. The first-order valence-electron chi connectivity index (χ1n) is 10.8. The van der Waals surface area contributed by atoms with Crippen molar-refractivity contribution in [2.75, 3.05) is 25.6 Å². The molecule has 8 nitrogen and oxygen atoms in total. The van der Waals surface area contributed by atoms with E-state index < -0.39 is 5.41 Å². The summed E-state index contributed by atoms with van der Waals surface area (Å²) >= 11 is 0. The van der Waals surface area contributed by atoms with Crippen molar-refractivity contribution < 1.29 is 14.3 Å². The van der Waals surface area contributed by atoms with Crippen molar-refractivity contribution in [2.24, 2.45) is 10.5 Å². The number of fused-ring (bicyclic) bond motifs is 1. The Morgan fingerprint density at radius 3 is 2.62 bits per heavy atom. The highest BCUT2D eigenvalue weighted by Crippen LogP contribution is 2.31. The van der Waals surface area contributed by atoms with Crippen molar-refractivity contribution in [3.8, 4) is 0 Å². The van der Waals surface area contributed by atoms with E-state index in [2.05, 4.69) is 15.4 Å². The molecule has 0 radical (unpaired) electrons. The van der Waals surface area contributed by atoms with Crippen molar-refractivity contribution >= 4 is 23.3 Å². The Bertz CT molecular complexity index is 1010. The topological polar surface area (TPSA) is 87.1 Å². The van der Waals surface area contributed by atoms with Crippen LogP contribution in [0.5, 0.6) is 0 Å². The number of carbonyl (C=O) groups excluding carboxylic acids is 2. The molecule has 1 N–H and O–H groups in total. The molecule has 1 aromatic heterocycles. The highest BCUT2D eigenvalue weighted by Gasteiger charge is 2.37. The molecule has 0 spiro atoms. The maximum absolute atomic E-state index is 12.7. The zero-order valence-electron chi connectivity index (χ0n) is 18.8. The molecule has 2 aromatic rings. The summed E-state index contributed by atoms with van der Waals surface area (Å²) in [7, 11) is 1.65. The second-order valence-electron chi connectivity index (χ2n) is 8.89. The van der Waals surface area contributed by atoms with Gasteiger partial charge in [-0.2, -0.15) is 5.10 Å². The number of carbonyl (C=O) groups is 2.